The molecular weight excluding hydrogens is 310 g/mol. The Bertz CT molecular complexity index is 688. The van der Waals surface area contributed by atoms with Gasteiger partial charge in [-0.15, -0.1) is 11.3 Å². The van der Waals surface area contributed by atoms with Gasteiger partial charge in [0.05, 0.1) is 16.4 Å². The van der Waals surface area contributed by atoms with E-state index < -0.39 is 4.92 Å². The van der Waals surface area contributed by atoms with Crippen LogP contribution >= 0.6 is 23.1 Å². The van der Waals surface area contributed by atoms with Crippen molar-refractivity contribution in [1.29, 1.82) is 0 Å². The summed E-state index contributed by atoms with van der Waals surface area (Å²) >= 11 is 2.88. The molecule has 2 aromatic rings. The average molecular weight is 321 g/mol. The van der Waals surface area contributed by atoms with E-state index in [2.05, 4.69) is 4.98 Å². The normalized spacial score (nSPS) is 13.2. The summed E-state index contributed by atoms with van der Waals surface area (Å²) in [4.78, 5) is 28.5. The maximum absolute atomic E-state index is 12.3. The van der Waals surface area contributed by atoms with E-state index in [0.717, 1.165) is 16.3 Å². The molecule has 21 heavy (non-hydrogen) atoms. The molecule has 0 bridgehead atoms. The van der Waals surface area contributed by atoms with E-state index in [1.54, 1.807) is 17.2 Å². The minimum atomic E-state index is -0.439. The van der Waals surface area contributed by atoms with Gasteiger partial charge in [-0.25, -0.2) is 4.98 Å². The molecule has 2 heterocycles. The van der Waals surface area contributed by atoms with Crippen LogP contribution in [0.15, 0.2) is 34.1 Å². The molecule has 1 aliphatic heterocycles. The number of rotatable bonds is 4. The molecule has 0 aliphatic carbocycles. The van der Waals surface area contributed by atoms with Crippen molar-refractivity contribution in [3.05, 3.63) is 45.5 Å². The number of nitro benzene ring substituents is 1. The molecule has 8 heteroatoms. The molecular formula is C13H11N3O3S2. The molecule has 3 rings (SSSR count). The summed E-state index contributed by atoms with van der Waals surface area (Å²) in [6, 6.07) is 4.69. The lowest BCUT2D eigenvalue weighted by atomic mass is 10.1. The van der Waals surface area contributed by atoms with E-state index in [1.807, 2.05) is 5.38 Å². The monoisotopic (exact) mass is 321 g/mol. The van der Waals surface area contributed by atoms with Crippen molar-refractivity contribution < 1.29 is 9.72 Å². The highest BCUT2D eigenvalue weighted by Gasteiger charge is 2.26. The number of thioether (sulfide) groups is 1. The van der Waals surface area contributed by atoms with Gasteiger partial charge in [0, 0.05) is 30.3 Å². The Balaban J connectivity index is 1.75. The van der Waals surface area contributed by atoms with Gasteiger partial charge in [-0.2, -0.15) is 0 Å². The predicted molar refractivity (Wildman–Crippen MR) is 82.0 cm³/mol. The maximum Gasteiger partial charge on any atom is 0.271 e. The van der Waals surface area contributed by atoms with Crippen molar-refractivity contribution in [1.82, 2.24) is 4.98 Å². The molecule has 0 unspecified atom stereocenters. The third-order valence-corrected chi connectivity index (χ3v) is 5.16. The van der Waals surface area contributed by atoms with Crippen LogP contribution < -0.4 is 4.90 Å². The van der Waals surface area contributed by atoms with Crippen LogP contribution in [-0.4, -0.2) is 28.1 Å². The molecule has 0 fully saturated rings. The third kappa shape index (κ3) is 2.91. The number of anilines is 1. The van der Waals surface area contributed by atoms with Crippen molar-refractivity contribution in [2.24, 2.45) is 0 Å². The molecule has 108 valence electrons. The zero-order valence-electron chi connectivity index (χ0n) is 10.9. The highest BCUT2D eigenvalue weighted by atomic mass is 32.2. The second-order valence-corrected chi connectivity index (χ2v) is 6.57. The Labute approximate surface area is 128 Å². The van der Waals surface area contributed by atoms with Crippen LogP contribution in [0.2, 0.25) is 0 Å². The number of fused-ring (bicyclic) bond motifs is 1. The van der Waals surface area contributed by atoms with Crippen LogP contribution in [0, 0.1) is 10.1 Å². The maximum atomic E-state index is 12.3. The zero-order valence-corrected chi connectivity index (χ0v) is 12.5. The van der Waals surface area contributed by atoms with Gasteiger partial charge in [0.25, 0.3) is 5.69 Å². The minimum absolute atomic E-state index is 0.0148. The lowest BCUT2D eigenvalue weighted by Gasteiger charge is -2.16. The van der Waals surface area contributed by atoms with E-state index >= 15 is 0 Å². The van der Waals surface area contributed by atoms with Gasteiger partial charge >= 0.3 is 0 Å². The Morgan fingerprint density at radius 1 is 1.52 bits per heavy atom. The summed E-state index contributed by atoms with van der Waals surface area (Å²) in [7, 11) is 0. The summed E-state index contributed by atoms with van der Waals surface area (Å²) in [5.74, 6) is 0.241. The summed E-state index contributed by atoms with van der Waals surface area (Å²) in [5, 5.41) is 12.7. The summed E-state index contributed by atoms with van der Waals surface area (Å²) < 4.78 is 0.849. The van der Waals surface area contributed by atoms with Crippen molar-refractivity contribution >= 4 is 40.4 Å². The topological polar surface area (TPSA) is 76.3 Å². The smallest absolute Gasteiger partial charge is 0.271 e. The van der Waals surface area contributed by atoms with E-state index in [-0.39, 0.29) is 17.3 Å². The van der Waals surface area contributed by atoms with Crippen molar-refractivity contribution in [3.63, 3.8) is 0 Å². The van der Waals surface area contributed by atoms with Gasteiger partial charge in [-0.1, -0.05) is 17.8 Å². The number of thiazole rings is 1. The van der Waals surface area contributed by atoms with Gasteiger partial charge < -0.3 is 4.90 Å². The molecule has 1 aliphatic rings. The molecule has 1 aromatic carbocycles. The van der Waals surface area contributed by atoms with Crippen LogP contribution in [-0.2, 0) is 11.2 Å². The molecule has 6 nitrogen and oxygen atoms in total. The number of hydrogen-bond acceptors (Lipinski definition) is 6. The molecule has 0 saturated carbocycles. The highest BCUT2D eigenvalue weighted by molar-refractivity contribution is 8.01. The van der Waals surface area contributed by atoms with Gasteiger partial charge in [-0.3, -0.25) is 14.9 Å². The largest absolute Gasteiger partial charge is 0.311 e. The first kappa shape index (κ1) is 14.0. The molecule has 0 atom stereocenters. The lowest BCUT2D eigenvalue weighted by molar-refractivity contribution is -0.384. The Morgan fingerprint density at radius 2 is 2.38 bits per heavy atom. The van der Waals surface area contributed by atoms with E-state index in [4.69, 9.17) is 0 Å². The fourth-order valence-electron chi connectivity index (χ4n) is 2.22. The Kier molecular flexibility index (Phi) is 3.89. The Morgan fingerprint density at radius 3 is 3.10 bits per heavy atom. The predicted octanol–water partition coefficient (Wildman–Crippen LogP) is 2.73. The zero-order chi connectivity index (χ0) is 14.8. The van der Waals surface area contributed by atoms with Crippen LogP contribution in [0.25, 0.3) is 0 Å². The standard InChI is InChI=1S/C13H11N3O3S2/c17-12(8-21-13-14-4-6-20-13)15-5-3-9-1-2-10(16(18)19)7-11(9)15/h1-2,4,6-7H,3,5,8H2. The number of carbonyl (C=O) groups excluding carboxylic acids is 1. The van der Waals surface area contributed by atoms with Crippen LogP contribution in [0.1, 0.15) is 5.56 Å². The van der Waals surface area contributed by atoms with E-state index in [1.165, 1.54) is 35.2 Å². The summed E-state index contributed by atoms with van der Waals surface area (Å²) in [6.45, 7) is 0.577. The SMILES string of the molecule is O=C(CSc1nccs1)N1CCc2ccc([N+](=O)[O-])cc21. The fraction of sp³-hybridized carbons (Fsp3) is 0.231. The quantitative estimate of drug-likeness (QED) is 0.491. The first-order chi connectivity index (χ1) is 10.1. The number of carbonyl (C=O) groups is 1. The molecule has 0 N–H and O–H groups in total. The average Bonchev–Trinajstić information content (AvgIpc) is 3.13. The third-order valence-electron chi connectivity index (χ3n) is 3.21. The van der Waals surface area contributed by atoms with Crippen molar-refractivity contribution in [3.8, 4) is 0 Å². The second kappa shape index (κ2) is 5.82. The lowest BCUT2D eigenvalue weighted by Crippen LogP contribution is -2.30. The molecule has 1 aromatic heterocycles. The number of nitrogens with zero attached hydrogens (tertiary/aromatic N) is 3. The summed E-state index contributed by atoms with van der Waals surface area (Å²) in [5.41, 5.74) is 1.66. The number of nitro groups is 1. The van der Waals surface area contributed by atoms with Gasteiger partial charge in [0.2, 0.25) is 5.91 Å². The van der Waals surface area contributed by atoms with Gasteiger partial charge in [-0.05, 0) is 12.0 Å². The summed E-state index contributed by atoms with van der Waals surface area (Å²) in [6.07, 6.45) is 2.44. The fourth-order valence-corrected chi connectivity index (χ4v) is 3.74. The molecule has 0 saturated heterocycles. The molecule has 0 spiro atoms. The Hall–Kier alpha value is -1.93. The number of non-ortho nitro benzene ring substituents is 1. The molecule has 1 amide bonds. The van der Waals surface area contributed by atoms with Crippen molar-refractivity contribution in [2.45, 2.75) is 10.8 Å². The van der Waals surface area contributed by atoms with Crippen LogP contribution in [0.3, 0.4) is 0 Å². The number of amides is 1. The number of hydrogen-bond donors (Lipinski definition) is 0. The highest BCUT2D eigenvalue weighted by Crippen LogP contribution is 2.32. The van der Waals surface area contributed by atoms with Crippen LogP contribution in [0.4, 0.5) is 11.4 Å². The van der Waals surface area contributed by atoms with E-state index in [0.29, 0.717) is 12.2 Å². The minimum Gasteiger partial charge on any atom is -0.311 e. The number of aromatic nitrogens is 1. The second-order valence-electron chi connectivity index (χ2n) is 4.45. The van der Waals surface area contributed by atoms with Gasteiger partial charge in [0.15, 0.2) is 0 Å². The van der Waals surface area contributed by atoms with E-state index in [9.17, 15) is 14.9 Å². The van der Waals surface area contributed by atoms with Gasteiger partial charge in [0.1, 0.15) is 4.34 Å². The number of benzene rings is 1. The van der Waals surface area contributed by atoms with Crippen molar-refractivity contribution in [2.75, 3.05) is 17.2 Å². The van der Waals surface area contributed by atoms with Crippen LogP contribution in [0.5, 0.6) is 0 Å². The first-order valence-electron chi connectivity index (χ1n) is 6.25. The first-order valence-corrected chi connectivity index (χ1v) is 8.11. The molecule has 0 radical (unpaired) electrons.